The van der Waals surface area contributed by atoms with Crippen LogP contribution < -0.4 is 20.3 Å². The largest absolute Gasteiger partial charge is 0.483 e. The van der Waals surface area contributed by atoms with Crippen LogP contribution in [0, 0.1) is 0 Å². The van der Waals surface area contributed by atoms with Crippen LogP contribution in [0.25, 0.3) is 10.8 Å². The first kappa shape index (κ1) is 23.6. The normalized spacial score (nSPS) is 12.6. The van der Waals surface area contributed by atoms with Crippen LogP contribution in [0.5, 0.6) is 11.5 Å². The molecule has 0 saturated heterocycles. The molecule has 0 aliphatic heterocycles. The van der Waals surface area contributed by atoms with E-state index in [4.69, 9.17) is 9.47 Å². The van der Waals surface area contributed by atoms with Gasteiger partial charge in [-0.3, -0.25) is 20.4 Å². The van der Waals surface area contributed by atoms with Gasteiger partial charge < -0.3 is 9.47 Å². The highest BCUT2D eigenvalue weighted by Crippen LogP contribution is 2.33. The lowest BCUT2D eigenvalue weighted by molar-refractivity contribution is -0.133. The zero-order chi connectivity index (χ0) is 23.1. The van der Waals surface area contributed by atoms with Crippen LogP contribution in [0.1, 0.15) is 38.7 Å². The summed E-state index contributed by atoms with van der Waals surface area (Å²) in [6.45, 7) is 5.60. The Morgan fingerprint density at radius 2 is 1.66 bits per heavy atom. The molecule has 7 heteroatoms. The topological polar surface area (TPSA) is 76.7 Å². The molecule has 0 spiro atoms. The zero-order valence-corrected chi connectivity index (χ0v) is 19.9. The predicted octanol–water partition coefficient (Wildman–Crippen LogP) is 5.11. The summed E-state index contributed by atoms with van der Waals surface area (Å²) in [5, 5.41) is 2.05. The van der Waals surface area contributed by atoms with Gasteiger partial charge >= 0.3 is 0 Å². The summed E-state index contributed by atoms with van der Waals surface area (Å²) in [6.07, 6.45) is 0.181. The average molecular weight is 499 g/mol. The fraction of sp³-hybridized carbons (Fsp3) is 0.280. The molecule has 0 aliphatic rings. The molecule has 6 nitrogen and oxygen atoms in total. The van der Waals surface area contributed by atoms with Crippen molar-refractivity contribution < 1.29 is 19.1 Å². The van der Waals surface area contributed by atoms with Gasteiger partial charge in [0.25, 0.3) is 11.8 Å². The van der Waals surface area contributed by atoms with Gasteiger partial charge in [0.15, 0.2) is 12.7 Å². The zero-order valence-electron chi connectivity index (χ0n) is 18.4. The molecule has 0 bridgehead atoms. The van der Waals surface area contributed by atoms with Crippen LogP contribution in [0.3, 0.4) is 0 Å². The molecule has 32 heavy (non-hydrogen) atoms. The lowest BCUT2D eigenvalue weighted by Gasteiger charge is -2.19. The van der Waals surface area contributed by atoms with Crippen molar-refractivity contribution in [2.45, 2.75) is 39.2 Å². The highest BCUT2D eigenvalue weighted by Gasteiger charge is 2.18. The smallest absolute Gasteiger partial charge is 0.279 e. The third kappa shape index (κ3) is 5.79. The molecular weight excluding hydrogens is 472 g/mol. The van der Waals surface area contributed by atoms with Crippen molar-refractivity contribution in [3.05, 3.63) is 70.7 Å². The second-order valence-corrected chi connectivity index (χ2v) is 8.33. The third-order valence-corrected chi connectivity index (χ3v) is 6.06. The number of carbonyl (C=O) groups is 2. The molecule has 3 aromatic carbocycles. The Morgan fingerprint density at radius 3 is 2.44 bits per heavy atom. The molecule has 2 unspecified atom stereocenters. The van der Waals surface area contributed by atoms with Crippen molar-refractivity contribution in [2.24, 2.45) is 0 Å². The number of amides is 2. The number of benzene rings is 3. The number of hydrazine groups is 1. The van der Waals surface area contributed by atoms with Crippen molar-refractivity contribution in [2.75, 3.05) is 6.61 Å². The number of ether oxygens (including phenoxy) is 2. The Bertz CT molecular complexity index is 1100. The molecule has 0 radical (unpaired) electrons. The highest BCUT2D eigenvalue weighted by molar-refractivity contribution is 9.10. The third-order valence-electron chi connectivity index (χ3n) is 5.25. The van der Waals surface area contributed by atoms with Crippen LogP contribution in [0.15, 0.2) is 65.1 Å². The summed E-state index contributed by atoms with van der Waals surface area (Å²) in [5.74, 6) is 0.589. The van der Waals surface area contributed by atoms with Crippen molar-refractivity contribution in [1.82, 2.24) is 10.9 Å². The number of hydrogen-bond donors (Lipinski definition) is 2. The molecule has 2 atom stereocenters. The second kappa shape index (κ2) is 11.0. The van der Waals surface area contributed by atoms with Crippen LogP contribution >= 0.6 is 15.9 Å². The van der Waals surface area contributed by atoms with Gasteiger partial charge in [-0.15, -0.1) is 0 Å². The van der Waals surface area contributed by atoms with E-state index >= 15 is 0 Å². The second-order valence-electron chi connectivity index (χ2n) is 7.53. The first-order chi connectivity index (χ1) is 15.4. The molecular formula is C25H27BrN2O4. The molecule has 0 aromatic heterocycles. The maximum absolute atomic E-state index is 12.4. The summed E-state index contributed by atoms with van der Waals surface area (Å²) < 4.78 is 12.2. The average Bonchev–Trinajstić information content (AvgIpc) is 2.82. The molecule has 0 saturated carbocycles. The number of carbonyl (C=O) groups excluding carboxylic acids is 2. The number of fused-ring (bicyclic) bond motifs is 1. The maximum Gasteiger partial charge on any atom is 0.279 e. The van der Waals surface area contributed by atoms with Gasteiger partial charge in [-0.05, 0) is 63.7 Å². The van der Waals surface area contributed by atoms with E-state index in [-0.39, 0.29) is 6.61 Å². The first-order valence-electron chi connectivity index (χ1n) is 10.5. The number of nitrogens with one attached hydrogen (secondary N) is 2. The summed E-state index contributed by atoms with van der Waals surface area (Å²) in [4.78, 5) is 24.5. The molecule has 2 N–H and O–H groups in total. The summed E-state index contributed by atoms with van der Waals surface area (Å²) >= 11 is 3.52. The standard InChI is InChI=1S/C25H27BrN2O4/c1-4-16(2)19-10-7-8-12-21(19)32-17(3)25(30)28-27-23(29)15-31-22-14-13-18-9-5-6-11-20(18)24(22)26/h5-14,16-17H,4,15H2,1-3H3,(H,27,29)(H,28,30). The van der Waals surface area contributed by atoms with Crippen LogP contribution in [0.2, 0.25) is 0 Å². The summed E-state index contributed by atoms with van der Waals surface area (Å²) in [7, 11) is 0. The van der Waals surface area contributed by atoms with E-state index in [2.05, 4.69) is 40.6 Å². The van der Waals surface area contributed by atoms with Crippen molar-refractivity contribution in [1.29, 1.82) is 0 Å². The lowest BCUT2D eigenvalue weighted by Crippen LogP contribution is -2.48. The van der Waals surface area contributed by atoms with Gasteiger partial charge in [-0.1, -0.05) is 62.4 Å². The van der Waals surface area contributed by atoms with E-state index < -0.39 is 17.9 Å². The van der Waals surface area contributed by atoms with Gasteiger partial charge in [0, 0.05) is 0 Å². The predicted molar refractivity (Wildman–Crippen MR) is 129 cm³/mol. The Labute approximate surface area is 196 Å². The van der Waals surface area contributed by atoms with Gasteiger partial charge in [0.2, 0.25) is 0 Å². The fourth-order valence-corrected chi connectivity index (χ4v) is 3.80. The van der Waals surface area contributed by atoms with E-state index in [1.165, 1.54) is 0 Å². The molecule has 0 aliphatic carbocycles. The molecule has 3 aromatic rings. The monoisotopic (exact) mass is 498 g/mol. The SMILES string of the molecule is CCC(C)c1ccccc1OC(C)C(=O)NNC(=O)COc1ccc2ccccc2c1Br. The van der Waals surface area contributed by atoms with E-state index in [9.17, 15) is 9.59 Å². The molecule has 0 heterocycles. The maximum atomic E-state index is 12.4. The Morgan fingerprint density at radius 1 is 0.938 bits per heavy atom. The van der Waals surface area contributed by atoms with Crippen molar-refractivity contribution in [3.63, 3.8) is 0 Å². The van der Waals surface area contributed by atoms with Gasteiger partial charge in [-0.2, -0.15) is 0 Å². The highest BCUT2D eigenvalue weighted by atomic mass is 79.9. The molecule has 168 valence electrons. The Kier molecular flexibility index (Phi) is 8.11. The van der Waals surface area contributed by atoms with Gasteiger partial charge in [-0.25, -0.2) is 0 Å². The minimum absolute atomic E-state index is 0.247. The molecule has 0 fully saturated rings. The number of halogens is 1. The Balaban J connectivity index is 1.51. The van der Waals surface area contributed by atoms with Gasteiger partial charge in [0.05, 0.1) is 4.47 Å². The Hall–Kier alpha value is -3.06. The van der Waals surface area contributed by atoms with Crippen LogP contribution in [0.4, 0.5) is 0 Å². The summed E-state index contributed by atoms with van der Waals surface area (Å²) in [6, 6.07) is 19.2. The van der Waals surface area contributed by atoms with Crippen LogP contribution in [-0.2, 0) is 9.59 Å². The lowest BCUT2D eigenvalue weighted by atomic mass is 9.98. The minimum Gasteiger partial charge on any atom is -0.483 e. The van der Waals surface area contributed by atoms with E-state index in [1.54, 1.807) is 13.0 Å². The number of para-hydroxylation sites is 1. The van der Waals surface area contributed by atoms with Crippen LogP contribution in [-0.4, -0.2) is 24.5 Å². The van der Waals surface area contributed by atoms with Crippen molar-refractivity contribution in [3.8, 4) is 11.5 Å². The molecule has 2 amide bonds. The van der Waals surface area contributed by atoms with E-state index in [0.29, 0.717) is 17.4 Å². The number of rotatable bonds is 8. The quantitative estimate of drug-likeness (QED) is 0.423. The summed E-state index contributed by atoms with van der Waals surface area (Å²) in [5.41, 5.74) is 5.81. The van der Waals surface area contributed by atoms with E-state index in [1.807, 2.05) is 54.6 Å². The minimum atomic E-state index is -0.781. The molecule has 3 rings (SSSR count). The first-order valence-corrected chi connectivity index (χ1v) is 11.3. The van der Waals surface area contributed by atoms with E-state index in [0.717, 1.165) is 27.2 Å². The van der Waals surface area contributed by atoms with Crippen molar-refractivity contribution >= 4 is 38.5 Å². The fourth-order valence-electron chi connectivity index (χ4n) is 3.20. The number of hydrogen-bond acceptors (Lipinski definition) is 4. The van der Waals surface area contributed by atoms with Gasteiger partial charge in [0.1, 0.15) is 11.5 Å².